The number of aromatic nitrogens is 2. The van der Waals surface area contributed by atoms with Crippen molar-refractivity contribution < 1.29 is 19.4 Å². The van der Waals surface area contributed by atoms with Gasteiger partial charge in [0.25, 0.3) is 0 Å². The van der Waals surface area contributed by atoms with E-state index in [-0.39, 0.29) is 13.2 Å². The summed E-state index contributed by atoms with van der Waals surface area (Å²) in [5, 5.41) is 16.2. The van der Waals surface area contributed by atoms with Crippen molar-refractivity contribution in [2.45, 2.75) is 45.9 Å². The minimum absolute atomic E-state index is 0.0545. The molecule has 7 heteroatoms. The first-order valence-electron chi connectivity index (χ1n) is 8.29. The Kier molecular flexibility index (Phi) is 6.56. The van der Waals surface area contributed by atoms with Gasteiger partial charge in [-0.05, 0) is 24.5 Å². The van der Waals surface area contributed by atoms with E-state index in [0.717, 1.165) is 29.8 Å². The number of carbonyl (C=O) groups excluding carboxylic acids is 1. The number of benzene rings is 1. The summed E-state index contributed by atoms with van der Waals surface area (Å²) in [5.74, 6) is -1.13. The fourth-order valence-corrected chi connectivity index (χ4v) is 2.40. The summed E-state index contributed by atoms with van der Waals surface area (Å²) in [6, 6.07) is 10.0. The Morgan fingerprint density at radius 3 is 2.56 bits per heavy atom. The normalized spacial score (nSPS) is 11.8. The Labute approximate surface area is 146 Å². The highest BCUT2D eigenvalue weighted by molar-refractivity contribution is 5.79. The molecule has 2 aromatic rings. The van der Waals surface area contributed by atoms with Crippen molar-refractivity contribution in [2.24, 2.45) is 0 Å². The first kappa shape index (κ1) is 18.5. The van der Waals surface area contributed by atoms with Gasteiger partial charge in [-0.15, -0.1) is 0 Å². The van der Waals surface area contributed by atoms with Gasteiger partial charge in [-0.1, -0.05) is 44.2 Å². The smallest absolute Gasteiger partial charge is 0.408 e. The number of nitrogens with zero attached hydrogens (tertiary/aromatic N) is 2. The summed E-state index contributed by atoms with van der Waals surface area (Å²) >= 11 is 0. The molecule has 25 heavy (non-hydrogen) atoms. The number of hydrogen-bond acceptors (Lipinski definition) is 4. The highest BCUT2D eigenvalue weighted by atomic mass is 16.5. The van der Waals surface area contributed by atoms with Crippen LogP contribution in [0.3, 0.4) is 0 Å². The predicted molar refractivity (Wildman–Crippen MR) is 92.2 cm³/mol. The Morgan fingerprint density at radius 2 is 1.96 bits per heavy atom. The van der Waals surface area contributed by atoms with Crippen LogP contribution in [0, 0.1) is 0 Å². The van der Waals surface area contributed by atoms with Crippen LogP contribution < -0.4 is 5.32 Å². The minimum atomic E-state index is -1.13. The summed E-state index contributed by atoms with van der Waals surface area (Å²) in [5.41, 5.74) is 2.66. The molecule has 1 heterocycles. The Morgan fingerprint density at radius 1 is 1.24 bits per heavy atom. The van der Waals surface area contributed by atoms with Gasteiger partial charge in [0.1, 0.15) is 12.6 Å². The Hall–Kier alpha value is -2.83. The molecule has 0 aliphatic carbocycles. The minimum Gasteiger partial charge on any atom is -0.480 e. The zero-order chi connectivity index (χ0) is 18.2. The molecule has 1 atom stereocenters. The molecule has 0 saturated carbocycles. The number of amides is 1. The number of nitrogens with one attached hydrogen (secondary N) is 1. The molecule has 1 aromatic heterocycles. The van der Waals surface area contributed by atoms with Gasteiger partial charge in [-0.3, -0.25) is 4.68 Å². The van der Waals surface area contributed by atoms with Crippen LogP contribution in [-0.2, 0) is 35.5 Å². The van der Waals surface area contributed by atoms with Gasteiger partial charge >= 0.3 is 12.1 Å². The van der Waals surface area contributed by atoms with Crippen LogP contribution in [0.4, 0.5) is 4.79 Å². The fraction of sp³-hybridized carbons (Fsp3) is 0.389. The van der Waals surface area contributed by atoms with Gasteiger partial charge in [0.15, 0.2) is 0 Å². The highest BCUT2D eigenvalue weighted by Crippen LogP contribution is 2.08. The maximum atomic E-state index is 11.9. The Balaban J connectivity index is 1.97. The molecule has 0 aliphatic rings. The number of aryl methyl sites for hydroxylation is 2. The van der Waals surface area contributed by atoms with Crippen LogP contribution in [-0.4, -0.2) is 33.0 Å². The SMILES string of the molecule is CCc1cc(CC)n(CC(NC(=O)OCc2ccccc2)C(=O)O)n1. The second kappa shape index (κ2) is 8.86. The largest absolute Gasteiger partial charge is 0.480 e. The van der Waals surface area contributed by atoms with Crippen molar-refractivity contribution >= 4 is 12.1 Å². The molecular formula is C18H23N3O4. The lowest BCUT2D eigenvalue weighted by molar-refractivity contribution is -0.139. The summed E-state index contributed by atoms with van der Waals surface area (Å²) in [6.45, 7) is 4.10. The first-order valence-corrected chi connectivity index (χ1v) is 8.29. The van der Waals surface area contributed by atoms with Crippen LogP contribution in [0.2, 0.25) is 0 Å². The predicted octanol–water partition coefficient (Wildman–Crippen LogP) is 2.39. The molecule has 0 bridgehead atoms. The van der Waals surface area contributed by atoms with Gasteiger partial charge < -0.3 is 15.2 Å². The summed E-state index contributed by atoms with van der Waals surface area (Å²) in [7, 11) is 0. The number of carboxylic acid groups (broad SMARTS) is 1. The lowest BCUT2D eigenvalue weighted by Gasteiger charge is -2.16. The number of alkyl carbamates (subject to hydrolysis) is 1. The molecule has 1 amide bonds. The van der Waals surface area contributed by atoms with Crippen molar-refractivity contribution in [2.75, 3.05) is 0 Å². The van der Waals surface area contributed by atoms with Crippen LogP contribution in [0.1, 0.15) is 30.8 Å². The standard InChI is InChI=1S/C18H23N3O4/c1-3-14-10-15(4-2)21(20-14)11-16(17(22)23)19-18(24)25-12-13-8-6-5-7-9-13/h5-10,16H,3-4,11-12H2,1-2H3,(H,19,24)(H,22,23). The maximum Gasteiger partial charge on any atom is 0.408 e. The van der Waals surface area contributed by atoms with Crippen molar-refractivity contribution in [3.8, 4) is 0 Å². The molecule has 0 saturated heterocycles. The topological polar surface area (TPSA) is 93.5 Å². The van der Waals surface area contributed by atoms with Crippen molar-refractivity contribution in [1.29, 1.82) is 0 Å². The fourth-order valence-electron chi connectivity index (χ4n) is 2.40. The van der Waals surface area contributed by atoms with E-state index in [9.17, 15) is 14.7 Å². The summed E-state index contributed by atoms with van der Waals surface area (Å²) in [4.78, 5) is 23.4. The van der Waals surface area contributed by atoms with Gasteiger partial charge in [-0.25, -0.2) is 9.59 Å². The van der Waals surface area contributed by atoms with Crippen LogP contribution in [0.15, 0.2) is 36.4 Å². The molecule has 134 valence electrons. The van der Waals surface area contributed by atoms with Gasteiger partial charge in [0.05, 0.1) is 12.2 Å². The number of carboxylic acids is 1. The Bertz CT molecular complexity index is 712. The molecule has 0 radical (unpaired) electrons. The molecule has 0 fully saturated rings. The van der Waals surface area contributed by atoms with Crippen LogP contribution >= 0.6 is 0 Å². The van der Waals surface area contributed by atoms with Gasteiger partial charge in [0, 0.05) is 5.69 Å². The molecule has 1 aromatic carbocycles. The zero-order valence-corrected chi connectivity index (χ0v) is 14.4. The quantitative estimate of drug-likeness (QED) is 0.766. The number of hydrogen-bond donors (Lipinski definition) is 2. The average Bonchev–Trinajstić information content (AvgIpc) is 3.02. The molecule has 0 aliphatic heterocycles. The van der Waals surface area contributed by atoms with E-state index < -0.39 is 18.1 Å². The lowest BCUT2D eigenvalue weighted by Crippen LogP contribution is -2.44. The zero-order valence-electron chi connectivity index (χ0n) is 14.4. The van der Waals surface area contributed by atoms with Crippen molar-refractivity contribution in [3.05, 3.63) is 53.3 Å². The van der Waals surface area contributed by atoms with Gasteiger partial charge in [-0.2, -0.15) is 5.10 Å². The number of ether oxygens (including phenoxy) is 1. The third kappa shape index (κ3) is 5.34. The van der Waals surface area contributed by atoms with E-state index in [2.05, 4.69) is 10.4 Å². The van der Waals surface area contributed by atoms with E-state index in [1.165, 1.54) is 0 Å². The third-order valence-electron chi connectivity index (χ3n) is 3.80. The summed E-state index contributed by atoms with van der Waals surface area (Å²) < 4.78 is 6.72. The van der Waals surface area contributed by atoms with E-state index in [0.29, 0.717) is 0 Å². The first-order chi connectivity index (χ1) is 12.0. The molecule has 1 unspecified atom stereocenters. The molecular weight excluding hydrogens is 322 g/mol. The monoisotopic (exact) mass is 345 g/mol. The summed E-state index contributed by atoms with van der Waals surface area (Å²) in [6.07, 6.45) is 0.736. The average molecular weight is 345 g/mol. The second-order valence-electron chi connectivity index (χ2n) is 5.61. The molecule has 0 spiro atoms. The van der Waals surface area contributed by atoms with Crippen molar-refractivity contribution in [1.82, 2.24) is 15.1 Å². The number of rotatable bonds is 8. The van der Waals surface area contributed by atoms with E-state index in [1.807, 2.05) is 50.2 Å². The van der Waals surface area contributed by atoms with Crippen LogP contribution in [0.5, 0.6) is 0 Å². The second-order valence-corrected chi connectivity index (χ2v) is 5.61. The van der Waals surface area contributed by atoms with Crippen LogP contribution in [0.25, 0.3) is 0 Å². The highest BCUT2D eigenvalue weighted by Gasteiger charge is 2.23. The third-order valence-corrected chi connectivity index (χ3v) is 3.80. The van der Waals surface area contributed by atoms with Gasteiger partial charge in [0.2, 0.25) is 0 Å². The maximum absolute atomic E-state index is 11.9. The van der Waals surface area contributed by atoms with E-state index in [4.69, 9.17) is 4.74 Å². The molecule has 2 rings (SSSR count). The van der Waals surface area contributed by atoms with E-state index in [1.54, 1.807) is 4.68 Å². The number of aliphatic carboxylic acids is 1. The molecule has 7 nitrogen and oxygen atoms in total. The molecule has 2 N–H and O–H groups in total. The number of carbonyl (C=O) groups is 2. The van der Waals surface area contributed by atoms with Crippen molar-refractivity contribution in [3.63, 3.8) is 0 Å². The lowest BCUT2D eigenvalue weighted by atomic mass is 10.2. The van der Waals surface area contributed by atoms with E-state index >= 15 is 0 Å².